The van der Waals surface area contributed by atoms with E-state index in [0.717, 1.165) is 32.8 Å². The van der Waals surface area contributed by atoms with Gasteiger partial charge in [0.05, 0.1) is 19.3 Å². The maximum absolute atomic E-state index is 5.88. The van der Waals surface area contributed by atoms with Gasteiger partial charge in [-0.25, -0.2) is 0 Å². The molecule has 2 aliphatic heterocycles. The van der Waals surface area contributed by atoms with Gasteiger partial charge in [-0.1, -0.05) is 17.7 Å². The fourth-order valence-corrected chi connectivity index (χ4v) is 3.32. The molecule has 1 atom stereocenters. The minimum absolute atomic E-state index is 0.506. The minimum atomic E-state index is 0.506. The topological polar surface area (TPSA) is 15.7 Å². The Bertz CT molecular complexity index is 458. The molecular weight excluding hydrogens is 224 g/mol. The van der Waals surface area contributed by atoms with Gasteiger partial charge < -0.3 is 14.5 Å². The Hall–Kier alpha value is -1.06. The van der Waals surface area contributed by atoms with Crippen LogP contribution in [0.5, 0.6) is 0 Å². The summed E-state index contributed by atoms with van der Waals surface area (Å²) in [7, 11) is 2.20. The number of nitrogens with zero attached hydrogens (tertiary/aromatic N) is 2. The van der Waals surface area contributed by atoms with E-state index in [1.54, 1.807) is 0 Å². The second-order valence-electron chi connectivity index (χ2n) is 5.71. The monoisotopic (exact) mass is 246 g/mol. The third-order valence-corrected chi connectivity index (χ3v) is 4.06. The summed E-state index contributed by atoms with van der Waals surface area (Å²) in [6.07, 6.45) is 0. The van der Waals surface area contributed by atoms with Crippen LogP contribution in [0.15, 0.2) is 12.1 Å². The van der Waals surface area contributed by atoms with Crippen molar-refractivity contribution < 1.29 is 4.74 Å². The van der Waals surface area contributed by atoms with Crippen molar-refractivity contribution in [1.82, 2.24) is 4.90 Å². The van der Waals surface area contributed by atoms with Crippen LogP contribution in [0.2, 0.25) is 0 Å². The smallest absolute Gasteiger partial charge is 0.0738 e. The molecule has 18 heavy (non-hydrogen) atoms. The number of benzene rings is 1. The Kier molecular flexibility index (Phi) is 3.04. The fourth-order valence-electron chi connectivity index (χ4n) is 3.32. The van der Waals surface area contributed by atoms with E-state index in [9.17, 15) is 0 Å². The van der Waals surface area contributed by atoms with Crippen molar-refractivity contribution in [1.29, 1.82) is 0 Å². The molecule has 98 valence electrons. The normalized spacial score (nSPS) is 24.4. The maximum atomic E-state index is 5.88. The van der Waals surface area contributed by atoms with E-state index in [1.807, 2.05) is 0 Å². The molecule has 2 heterocycles. The minimum Gasteiger partial charge on any atom is -0.375 e. The molecule has 1 aromatic rings. The van der Waals surface area contributed by atoms with Crippen LogP contribution in [0.1, 0.15) is 16.7 Å². The first-order valence-electron chi connectivity index (χ1n) is 6.78. The molecule has 0 bridgehead atoms. The predicted octanol–water partition coefficient (Wildman–Crippen LogP) is 1.95. The zero-order valence-electron chi connectivity index (χ0n) is 11.6. The maximum Gasteiger partial charge on any atom is 0.0738 e. The number of hydrogen-bond donors (Lipinski definition) is 0. The van der Waals surface area contributed by atoms with E-state index in [4.69, 9.17) is 4.74 Å². The number of anilines is 1. The Morgan fingerprint density at radius 3 is 2.89 bits per heavy atom. The molecule has 0 aliphatic carbocycles. The molecule has 0 unspecified atom stereocenters. The number of ether oxygens (including phenoxy) is 1. The number of hydrogen-bond acceptors (Lipinski definition) is 3. The number of likely N-dealkylation sites (N-methyl/N-ethyl adjacent to an activating group) is 1. The molecule has 3 heteroatoms. The summed E-state index contributed by atoms with van der Waals surface area (Å²) >= 11 is 0. The molecular formula is C15H22N2O. The second kappa shape index (κ2) is 4.56. The second-order valence-corrected chi connectivity index (χ2v) is 5.71. The van der Waals surface area contributed by atoms with Gasteiger partial charge in [0.15, 0.2) is 0 Å². The van der Waals surface area contributed by atoms with E-state index in [-0.39, 0.29) is 0 Å². The molecule has 0 N–H and O–H groups in total. The van der Waals surface area contributed by atoms with Crippen LogP contribution in [0, 0.1) is 13.8 Å². The van der Waals surface area contributed by atoms with E-state index in [2.05, 4.69) is 42.8 Å². The number of fused-ring (bicyclic) bond motifs is 3. The predicted molar refractivity (Wildman–Crippen MR) is 74.2 cm³/mol. The molecule has 1 saturated heterocycles. The summed E-state index contributed by atoms with van der Waals surface area (Å²) in [5.41, 5.74) is 5.52. The zero-order valence-corrected chi connectivity index (χ0v) is 11.6. The van der Waals surface area contributed by atoms with Crippen molar-refractivity contribution in [3.8, 4) is 0 Å². The molecule has 0 aromatic heterocycles. The van der Waals surface area contributed by atoms with Gasteiger partial charge in [-0.2, -0.15) is 0 Å². The van der Waals surface area contributed by atoms with Gasteiger partial charge in [0, 0.05) is 30.9 Å². The van der Waals surface area contributed by atoms with Gasteiger partial charge in [-0.05, 0) is 26.5 Å². The molecule has 2 aliphatic rings. The summed E-state index contributed by atoms with van der Waals surface area (Å²) in [4.78, 5) is 4.97. The fraction of sp³-hybridized carbons (Fsp3) is 0.600. The number of aryl methyl sites for hydroxylation is 2. The third-order valence-electron chi connectivity index (χ3n) is 4.06. The van der Waals surface area contributed by atoms with Crippen LogP contribution >= 0.6 is 0 Å². The average Bonchev–Trinajstić information content (AvgIpc) is 2.47. The highest BCUT2D eigenvalue weighted by Crippen LogP contribution is 2.32. The lowest BCUT2D eigenvalue weighted by Crippen LogP contribution is -2.53. The largest absolute Gasteiger partial charge is 0.375 e. The Labute approximate surface area is 109 Å². The van der Waals surface area contributed by atoms with Crippen molar-refractivity contribution in [2.45, 2.75) is 26.5 Å². The molecule has 3 nitrogen and oxygen atoms in total. The van der Waals surface area contributed by atoms with E-state index < -0.39 is 0 Å². The molecule has 0 radical (unpaired) electrons. The quantitative estimate of drug-likeness (QED) is 0.696. The van der Waals surface area contributed by atoms with Crippen LogP contribution in [-0.4, -0.2) is 44.2 Å². The van der Waals surface area contributed by atoms with E-state index in [1.165, 1.54) is 22.4 Å². The van der Waals surface area contributed by atoms with Crippen molar-refractivity contribution in [2.24, 2.45) is 0 Å². The summed E-state index contributed by atoms with van der Waals surface area (Å²) in [5.74, 6) is 0. The summed E-state index contributed by atoms with van der Waals surface area (Å²) < 4.78 is 5.88. The van der Waals surface area contributed by atoms with Crippen LogP contribution in [0.4, 0.5) is 5.69 Å². The van der Waals surface area contributed by atoms with Crippen LogP contribution in [-0.2, 0) is 11.3 Å². The Morgan fingerprint density at radius 2 is 2.06 bits per heavy atom. The lowest BCUT2D eigenvalue weighted by Gasteiger charge is -2.41. The Balaban J connectivity index is 2.03. The highest BCUT2D eigenvalue weighted by Gasteiger charge is 2.30. The lowest BCUT2D eigenvalue weighted by atomic mass is 10.0. The molecule has 0 saturated carbocycles. The standard InChI is InChI=1S/C15H22N2O/c1-11-6-12(2)15-13(7-11)9-18-10-14-8-16(3)4-5-17(14)15/h6-7,14H,4-5,8-10H2,1-3H3/t14-/m1/s1. The molecule has 1 fully saturated rings. The van der Waals surface area contributed by atoms with Gasteiger partial charge in [0.2, 0.25) is 0 Å². The number of rotatable bonds is 0. The highest BCUT2D eigenvalue weighted by atomic mass is 16.5. The molecule has 3 rings (SSSR count). The van der Waals surface area contributed by atoms with Gasteiger partial charge in [-0.15, -0.1) is 0 Å². The zero-order chi connectivity index (χ0) is 12.7. The molecule has 0 amide bonds. The highest BCUT2D eigenvalue weighted by molar-refractivity contribution is 5.62. The molecule has 0 spiro atoms. The van der Waals surface area contributed by atoms with Crippen molar-refractivity contribution in [3.63, 3.8) is 0 Å². The van der Waals surface area contributed by atoms with Crippen molar-refractivity contribution >= 4 is 5.69 Å². The van der Waals surface area contributed by atoms with Crippen LogP contribution < -0.4 is 4.90 Å². The first kappa shape index (κ1) is 12.0. The lowest BCUT2D eigenvalue weighted by molar-refractivity contribution is 0.0959. The first-order valence-corrected chi connectivity index (χ1v) is 6.78. The van der Waals surface area contributed by atoms with Gasteiger partial charge >= 0.3 is 0 Å². The number of piperazine rings is 1. The summed E-state index contributed by atoms with van der Waals surface area (Å²) in [5, 5.41) is 0. The van der Waals surface area contributed by atoms with E-state index in [0.29, 0.717) is 6.04 Å². The third kappa shape index (κ3) is 2.02. The van der Waals surface area contributed by atoms with Gasteiger partial charge in [0.1, 0.15) is 0 Å². The summed E-state index contributed by atoms with van der Waals surface area (Å²) in [6.45, 7) is 9.36. The first-order chi connectivity index (χ1) is 8.65. The van der Waals surface area contributed by atoms with Crippen LogP contribution in [0.25, 0.3) is 0 Å². The molecule has 1 aromatic carbocycles. The van der Waals surface area contributed by atoms with Gasteiger partial charge in [0.25, 0.3) is 0 Å². The SMILES string of the molecule is Cc1cc(C)c2c(c1)COC[C@H]1CN(C)CCN21. The Morgan fingerprint density at radius 1 is 1.22 bits per heavy atom. The average molecular weight is 246 g/mol. The van der Waals surface area contributed by atoms with Gasteiger partial charge in [-0.3, -0.25) is 0 Å². The van der Waals surface area contributed by atoms with Crippen molar-refractivity contribution in [2.75, 3.05) is 38.2 Å². The van der Waals surface area contributed by atoms with E-state index >= 15 is 0 Å². The van der Waals surface area contributed by atoms with Crippen molar-refractivity contribution in [3.05, 3.63) is 28.8 Å². The summed E-state index contributed by atoms with van der Waals surface area (Å²) in [6, 6.07) is 5.08. The van der Waals surface area contributed by atoms with Crippen LogP contribution in [0.3, 0.4) is 0 Å².